The van der Waals surface area contributed by atoms with Crippen molar-refractivity contribution in [3.63, 3.8) is 0 Å². The zero-order valence-electron chi connectivity index (χ0n) is 21.7. The van der Waals surface area contributed by atoms with Gasteiger partial charge in [-0.25, -0.2) is 0 Å². The predicted octanol–water partition coefficient (Wildman–Crippen LogP) is 3.27. The lowest BCUT2D eigenvalue weighted by atomic mass is 10.5. The van der Waals surface area contributed by atoms with Gasteiger partial charge in [-0.1, -0.05) is 31.7 Å². The minimum Gasteiger partial charge on any atom is -0.463 e. The van der Waals surface area contributed by atoms with E-state index in [1.165, 1.54) is 24.9 Å². The van der Waals surface area contributed by atoms with Gasteiger partial charge in [-0.05, 0) is 24.3 Å². The molecule has 11 heteroatoms. The van der Waals surface area contributed by atoms with Crippen LogP contribution in [-0.2, 0) is 33.3 Å². The molecule has 0 aliphatic carbocycles. The summed E-state index contributed by atoms with van der Waals surface area (Å²) in [7, 11) is -0.261. The van der Waals surface area contributed by atoms with E-state index in [0.717, 1.165) is 23.0 Å². The van der Waals surface area contributed by atoms with E-state index in [4.69, 9.17) is 23.7 Å². The molecule has 202 valence electrons. The lowest BCUT2D eigenvalue weighted by Crippen LogP contribution is -2.15. The average Bonchev–Trinajstić information content (AvgIpc) is 2.81. The van der Waals surface area contributed by atoms with E-state index in [0.29, 0.717) is 52.5 Å². The van der Waals surface area contributed by atoms with E-state index in [2.05, 4.69) is 19.6 Å². The summed E-state index contributed by atoms with van der Waals surface area (Å²) in [6.45, 7) is 10.2. The quantitative estimate of drug-likeness (QED) is 0.0906. The van der Waals surface area contributed by atoms with Gasteiger partial charge in [0.05, 0.1) is 52.5 Å². The van der Waals surface area contributed by atoms with Crippen LogP contribution in [-0.4, -0.2) is 106 Å². The second kappa shape index (κ2) is 27.5. The zero-order valence-corrected chi connectivity index (χ0v) is 25.9. The Morgan fingerprint density at radius 3 is 1.56 bits per heavy atom. The monoisotopic (exact) mass is 556 g/mol. The van der Waals surface area contributed by atoms with Crippen LogP contribution in [0, 0.1) is 0 Å². The number of ether oxygens (including phenoxy) is 5. The van der Waals surface area contributed by atoms with Crippen LogP contribution in [0.1, 0.15) is 25.7 Å². The molecule has 0 aliphatic heterocycles. The molecule has 0 saturated carbocycles. The minimum absolute atomic E-state index is 0.155. The standard InChI is InChI=1S/C23H48O7S2Si2/c1-33-20-4-16-31-18-6-22(24)29-14-12-27-10-8-26-9-11-28-13-15-30-23(25)7-19-32-17-5-21-34(2)3/h34H,4-21,33H2,1-3H3. The van der Waals surface area contributed by atoms with Crippen LogP contribution in [0.2, 0.25) is 31.7 Å². The van der Waals surface area contributed by atoms with Crippen molar-refractivity contribution in [1.29, 1.82) is 0 Å². The fourth-order valence-corrected chi connectivity index (χ4v) is 6.92. The Hall–Kier alpha value is -0.0462. The van der Waals surface area contributed by atoms with Crippen LogP contribution in [0.3, 0.4) is 0 Å². The number of thioether (sulfide) groups is 2. The van der Waals surface area contributed by atoms with Crippen LogP contribution < -0.4 is 0 Å². The van der Waals surface area contributed by atoms with Crippen molar-refractivity contribution in [3.8, 4) is 0 Å². The lowest BCUT2D eigenvalue weighted by Gasteiger charge is -2.08. The summed E-state index contributed by atoms with van der Waals surface area (Å²) < 4.78 is 26.5. The molecule has 0 unspecified atom stereocenters. The lowest BCUT2D eigenvalue weighted by molar-refractivity contribution is -0.145. The van der Waals surface area contributed by atoms with Crippen LogP contribution in [0.5, 0.6) is 0 Å². The van der Waals surface area contributed by atoms with Gasteiger partial charge in [0.25, 0.3) is 0 Å². The number of hydrogen-bond acceptors (Lipinski definition) is 9. The van der Waals surface area contributed by atoms with Crippen molar-refractivity contribution in [2.24, 2.45) is 0 Å². The smallest absolute Gasteiger partial charge is 0.306 e. The first-order valence-electron chi connectivity index (χ1n) is 12.8. The van der Waals surface area contributed by atoms with E-state index < -0.39 is 8.80 Å². The van der Waals surface area contributed by atoms with Crippen LogP contribution >= 0.6 is 23.5 Å². The van der Waals surface area contributed by atoms with Gasteiger partial charge in [0.1, 0.15) is 13.2 Å². The van der Waals surface area contributed by atoms with Crippen molar-refractivity contribution in [3.05, 3.63) is 0 Å². The molecular weight excluding hydrogens is 509 g/mol. The molecule has 0 bridgehead atoms. The van der Waals surface area contributed by atoms with Gasteiger partial charge in [0.15, 0.2) is 0 Å². The maximum absolute atomic E-state index is 11.6. The fraction of sp³-hybridized carbons (Fsp3) is 0.913. The number of carbonyl (C=O) groups excluding carboxylic acids is 2. The maximum atomic E-state index is 11.6. The van der Waals surface area contributed by atoms with Crippen LogP contribution in [0.4, 0.5) is 0 Å². The third-order valence-electron chi connectivity index (χ3n) is 4.59. The molecule has 0 spiro atoms. The van der Waals surface area contributed by atoms with Crippen molar-refractivity contribution < 1.29 is 33.3 Å². The fourth-order valence-electron chi connectivity index (χ4n) is 2.68. The van der Waals surface area contributed by atoms with Crippen molar-refractivity contribution in [1.82, 2.24) is 0 Å². The van der Waals surface area contributed by atoms with E-state index in [-0.39, 0.29) is 34.7 Å². The van der Waals surface area contributed by atoms with E-state index in [9.17, 15) is 9.59 Å². The van der Waals surface area contributed by atoms with Gasteiger partial charge in [0.2, 0.25) is 0 Å². The van der Waals surface area contributed by atoms with Crippen LogP contribution in [0.25, 0.3) is 0 Å². The minimum atomic E-state index is -0.439. The highest BCUT2D eigenvalue weighted by Crippen LogP contribution is 2.09. The molecule has 0 radical (unpaired) electrons. The molecule has 0 aromatic rings. The maximum Gasteiger partial charge on any atom is 0.306 e. The molecule has 34 heavy (non-hydrogen) atoms. The molecule has 7 nitrogen and oxygen atoms in total. The summed E-state index contributed by atoms with van der Waals surface area (Å²) >= 11 is 3.66. The van der Waals surface area contributed by atoms with Gasteiger partial charge < -0.3 is 23.7 Å². The molecule has 0 heterocycles. The molecule has 0 rings (SSSR count). The first kappa shape index (κ1) is 34.0. The molecule has 0 N–H and O–H groups in total. The Labute approximate surface area is 219 Å². The van der Waals surface area contributed by atoms with E-state index in [1.807, 2.05) is 23.5 Å². The highest BCUT2D eigenvalue weighted by Gasteiger charge is 2.04. The Morgan fingerprint density at radius 1 is 0.676 bits per heavy atom. The van der Waals surface area contributed by atoms with Gasteiger partial charge in [-0.15, -0.1) is 0 Å². The van der Waals surface area contributed by atoms with Crippen LogP contribution in [0.15, 0.2) is 0 Å². The van der Waals surface area contributed by atoms with Gasteiger partial charge in [-0.3, -0.25) is 9.59 Å². The predicted molar refractivity (Wildman–Crippen MR) is 150 cm³/mol. The number of rotatable bonds is 26. The third kappa shape index (κ3) is 28.2. The van der Waals surface area contributed by atoms with E-state index in [1.54, 1.807) is 0 Å². The zero-order chi connectivity index (χ0) is 25.1. The molecule has 0 saturated heterocycles. The topological polar surface area (TPSA) is 80.3 Å². The third-order valence-corrected chi connectivity index (χ3v) is 9.50. The highest BCUT2D eigenvalue weighted by atomic mass is 32.2. The SMILES string of the molecule is C[SiH2]CCCSCCC(=O)OCCOCCOCCOCCOC(=O)CCSCCC[SiH](C)C. The molecule has 0 aromatic heterocycles. The van der Waals surface area contributed by atoms with Gasteiger partial charge in [0, 0.05) is 29.8 Å². The Bertz CT molecular complexity index is 475. The molecule has 0 aromatic carbocycles. The first-order chi connectivity index (χ1) is 16.6. The second-order valence-electron chi connectivity index (χ2n) is 8.25. The summed E-state index contributed by atoms with van der Waals surface area (Å²) in [6.07, 6.45) is 3.47. The highest BCUT2D eigenvalue weighted by molar-refractivity contribution is 7.99. The summed E-state index contributed by atoms with van der Waals surface area (Å²) in [6, 6.07) is 2.77. The first-order valence-corrected chi connectivity index (χ1v) is 20.6. The van der Waals surface area contributed by atoms with Gasteiger partial charge >= 0.3 is 11.9 Å². The second-order valence-corrected chi connectivity index (χ2v) is 15.8. The number of esters is 2. The van der Waals surface area contributed by atoms with E-state index >= 15 is 0 Å². The molecule has 0 atom stereocenters. The van der Waals surface area contributed by atoms with Gasteiger partial charge in [-0.2, -0.15) is 23.5 Å². The average molecular weight is 557 g/mol. The van der Waals surface area contributed by atoms with Crippen molar-refractivity contribution in [2.75, 3.05) is 75.9 Å². The van der Waals surface area contributed by atoms with Crippen molar-refractivity contribution >= 4 is 53.8 Å². The largest absolute Gasteiger partial charge is 0.463 e. The van der Waals surface area contributed by atoms with Crippen molar-refractivity contribution in [2.45, 2.75) is 57.4 Å². The number of carbonyl (C=O) groups is 2. The summed E-state index contributed by atoms with van der Waals surface area (Å²) in [5.41, 5.74) is 0. The Morgan fingerprint density at radius 2 is 1.12 bits per heavy atom. The molecule has 0 amide bonds. The molecular formula is C23H48O7S2Si2. The number of hydrogen-bond donors (Lipinski definition) is 0. The Balaban J connectivity index is 3.22. The summed E-state index contributed by atoms with van der Waals surface area (Å²) in [5.74, 6) is 3.64. The Kier molecular flexibility index (Phi) is 27.5. The normalized spacial score (nSPS) is 11.5. The molecule has 0 fully saturated rings. The summed E-state index contributed by atoms with van der Waals surface area (Å²) in [5, 5.41) is 0. The molecule has 0 aliphatic rings. The summed E-state index contributed by atoms with van der Waals surface area (Å²) in [4.78, 5) is 23.2.